The van der Waals surface area contributed by atoms with Crippen LogP contribution in [0.4, 0.5) is 0 Å². The summed E-state index contributed by atoms with van der Waals surface area (Å²) in [4.78, 5) is 30.3. The summed E-state index contributed by atoms with van der Waals surface area (Å²) in [6, 6.07) is 3.08. The molecule has 3 aromatic rings. The van der Waals surface area contributed by atoms with Gasteiger partial charge in [0.2, 0.25) is 0 Å². The second-order valence-corrected chi connectivity index (χ2v) is 6.47. The highest BCUT2D eigenvalue weighted by Gasteiger charge is 2.18. The quantitative estimate of drug-likeness (QED) is 0.776. The summed E-state index contributed by atoms with van der Waals surface area (Å²) in [5.74, 6) is -0.272. The zero-order chi connectivity index (χ0) is 16.6. The molecule has 0 radical (unpaired) electrons. The third-order valence-corrected chi connectivity index (χ3v) is 4.38. The number of hydrogen-bond donors (Lipinski definition) is 1. The molecule has 1 amide bonds. The summed E-state index contributed by atoms with van der Waals surface area (Å²) in [6.45, 7) is 4.47. The molecule has 3 rings (SSSR count). The minimum absolute atomic E-state index is 0.272. The second-order valence-electron chi connectivity index (χ2n) is 4.91. The lowest BCUT2D eigenvalue weighted by molar-refractivity contribution is 0.0949. The first-order chi connectivity index (χ1) is 11.0. The van der Waals surface area contributed by atoms with Crippen LogP contribution in [0.2, 0.25) is 5.15 Å². The standard InChI is InChI=1S/C14H14ClN5O2S/c1-3-16-13(22)12-8(2)23-14-17-9(6-11(21)20(12)14)7-19-5-4-10(15)18-19/h4-6H,3,7H2,1-2H3,(H,16,22). The van der Waals surface area contributed by atoms with Crippen LogP contribution in [-0.4, -0.2) is 31.6 Å². The first-order valence-electron chi connectivity index (χ1n) is 6.99. The minimum Gasteiger partial charge on any atom is -0.351 e. The van der Waals surface area contributed by atoms with Gasteiger partial charge in [0.25, 0.3) is 11.5 Å². The number of thiazole rings is 1. The first-order valence-corrected chi connectivity index (χ1v) is 8.18. The van der Waals surface area contributed by atoms with Gasteiger partial charge in [-0.1, -0.05) is 11.6 Å². The van der Waals surface area contributed by atoms with E-state index in [0.717, 1.165) is 4.88 Å². The minimum atomic E-state index is -0.283. The molecule has 0 aliphatic heterocycles. The molecule has 0 aromatic carbocycles. The lowest BCUT2D eigenvalue weighted by Gasteiger charge is -2.04. The molecule has 3 aromatic heterocycles. The Morgan fingerprint density at radius 3 is 2.91 bits per heavy atom. The Bertz CT molecular complexity index is 942. The van der Waals surface area contributed by atoms with Crippen molar-refractivity contribution >= 4 is 33.8 Å². The number of hydrogen-bond acceptors (Lipinski definition) is 5. The Hall–Kier alpha value is -2.19. The van der Waals surface area contributed by atoms with Gasteiger partial charge in [0.1, 0.15) is 5.69 Å². The second kappa shape index (κ2) is 6.13. The lowest BCUT2D eigenvalue weighted by atomic mass is 10.3. The van der Waals surface area contributed by atoms with Crippen LogP contribution in [0.3, 0.4) is 0 Å². The number of carbonyl (C=O) groups excluding carboxylic acids is 1. The van der Waals surface area contributed by atoms with E-state index in [1.54, 1.807) is 23.9 Å². The molecule has 9 heteroatoms. The van der Waals surface area contributed by atoms with Crippen LogP contribution in [0.5, 0.6) is 0 Å². The van der Waals surface area contributed by atoms with Crippen molar-refractivity contribution in [2.24, 2.45) is 0 Å². The topological polar surface area (TPSA) is 81.3 Å². The average molecular weight is 352 g/mol. The molecule has 0 aliphatic rings. The monoisotopic (exact) mass is 351 g/mol. The van der Waals surface area contributed by atoms with E-state index in [4.69, 9.17) is 11.6 Å². The molecule has 0 aliphatic carbocycles. The van der Waals surface area contributed by atoms with Gasteiger partial charge < -0.3 is 5.32 Å². The third-order valence-electron chi connectivity index (χ3n) is 3.23. The Morgan fingerprint density at radius 2 is 2.26 bits per heavy atom. The van der Waals surface area contributed by atoms with E-state index < -0.39 is 0 Å². The SMILES string of the molecule is CCNC(=O)c1c(C)sc2nc(Cn3ccc(Cl)n3)cc(=O)n12. The van der Waals surface area contributed by atoms with Crippen LogP contribution in [-0.2, 0) is 6.54 Å². The number of aromatic nitrogens is 4. The van der Waals surface area contributed by atoms with Crippen LogP contribution in [0, 0.1) is 6.92 Å². The highest BCUT2D eigenvalue weighted by Crippen LogP contribution is 2.20. The molecule has 0 saturated heterocycles. The molecule has 0 saturated carbocycles. The van der Waals surface area contributed by atoms with E-state index in [1.807, 2.05) is 6.92 Å². The molecule has 1 N–H and O–H groups in total. The summed E-state index contributed by atoms with van der Waals surface area (Å²) >= 11 is 7.09. The molecule has 0 spiro atoms. The van der Waals surface area contributed by atoms with Crippen molar-refractivity contribution in [3.8, 4) is 0 Å². The maximum absolute atomic E-state index is 12.4. The van der Waals surface area contributed by atoms with Gasteiger partial charge in [-0.25, -0.2) is 9.38 Å². The summed E-state index contributed by atoms with van der Waals surface area (Å²) in [6.07, 6.45) is 1.71. The number of nitrogens with one attached hydrogen (secondary N) is 1. The Morgan fingerprint density at radius 1 is 1.48 bits per heavy atom. The number of halogens is 1. The highest BCUT2D eigenvalue weighted by molar-refractivity contribution is 7.17. The summed E-state index contributed by atoms with van der Waals surface area (Å²) < 4.78 is 2.95. The van der Waals surface area contributed by atoms with Crippen LogP contribution in [0.25, 0.3) is 4.96 Å². The van der Waals surface area contributed by atoms with Gasteiger partial charge in [-0.3, -0.25) is 14.3 Å². The van der Waals surface area contributed by atoms with Gasteiger partial charge in [-0.05, 0) is 19.9 Å². The molecule has 3 heterocycles. The van der Waals surface area contributed by atoms with Crippen LogP contribution in [0.1, 0.15) is 28.0 Å². The lowest BCUT2D eigenvalue weighted by Crippen LogP contribution is -2.28. The van der Waals surface area contributed by atoms with Crippen molar-refractivity contribution in [3.63, 3.8) is 0 Å². The smallest absolute Gasteiger partial charge is 0.269 e. The fourth-order valence-electron chi connectivity index (χ4n) is 2.30. The predicted molar refractivity (Wildman–Crippen MR) is 88.4 cm³/mol. The fourth-order valence-corrected chi connectivity index (χ4v) is 3.44. The largest absolute Gasteiger partial charge is 0.351 e. The molecule has 120 valence electrons. The summed E-state index contributed by atoms with van der Waals surface area (Å²) in [5.41, 5.74) is 0.630. The molecule has 0 atom stereocenters. The number of fused-ring (bicyclic) bond motifs is 1. The van der Waals surface area contributed by atoms with Gasteiger partial charge in [0.05, 0.1) is 12.2 Å². The van der Waals surface area contributed by atoms with E-state index in [2.05, 4.69) is 15.4 Å². The summed E-state index contributed by atoms with van der Waals surface area (Å²) in [5, 5.41) is 7.16. The maximum Gasteiger partial charge on any atom is 0.269 e. The van der Waals surface area contributed by atoms with Crippen molar-refractivity contribution in [2.75, 3.05) is 6.54 Å². The van der Waals surface area contributed by atoms with Crippen LogP contribution < -0.4 is 10.9 Å². The molecule has 23 heavy (non-hydrogen) atoms. The number of rotatable bonds is 4. The maximum atomic E-state index is 12.4. The van der Waals surface area contributed by atoms with Crippen molar-refractivity contribution in [1.29, 1.82) is 0 Å². The van der Waals surface area contributed by atoms with Gasteiger partial charge in [-0.15, -0.1) is 11.3 Å². The van der Waals surface area contributed by atoms with Crippen molar-refractivity contribution < 1.29 is 4.79 Å². The number of nitrogens with zero attached hydrogens (tertiary/aromatic N) is 4. The van der Waals surface area contributed by atoms with Gasteiger partial charge >= 0.3 is 0 Å². The molecule has 0 fully saturated rings. The Balaban J connectivity index is 2.06. The third kappa shape index (κ3) is 2.99. The Kier molecular flexibility index (Phi) is 4.18. The van der Waals surface area contributed by atoms with Crippen molar-refractivity contribution in [2.45, 2.75) is 20.4 Å². The van der Waals surface area contributed by atoms with Gasteiger partial charge in [0, 0.05) is 23.7 Å². The molecule has 7 nitrogen and oxygen atoms in total. The zero-order valence-corrected chi connectivity index (χ0v) is 14.1. The summed E-state index contributed by atoms with van der Waals surface area (Å²) in [7, 11) is 0. The normalized spacial score (nSPS) is 11.1. The number of carbonyl (C=O) groups is 1. The van der Waals surface area contributed by atoms with Crippen molar-refractivity contribution in [3.05, 3.63) is 50.1 Å². The average Bonchev–Trinajstić information content (AvgIpc) is 3.02. The van der Waals surface area contributed by atoms with E-state index in [9.17, 15) is 9.59 Å². The number of amides is 1. The molecule has 0 bridgehead atoms. The van der Waals surface area contributed by atoms with Crippen LogP contribution in [0.15, 0.2) is 23.1 Å². The molecule has 0 unspecified atom stereocenters. The van der Waals surface area contributed by atoms with E-state index >= 15 is 0 Å². The molecular weight excluding hydrogens is 338 g/mol. The first kappa shape index (κ1) is 15.7. The fraction of sp³-hybridized carbons (Fsp3) is 0.286. The molecular formula is C14H14ClN5O2S. The van der Waals surface area contributed by atoms with E-state index in [1.165, 1.54) is 21.8 Å². The Labute approximate surface area is 140 Å². The van der Waals surface area contributed by atoms with Gasteiger partial charge in [0.15, 0.2) is 10.1 Å². The predicted octanol–water partition coefficient (Wildman–Crippen LogP) is 1.71. The van der Waals surface area contributed by atoms with Crippen molar-refractivity contribution in [1.82, 2.24) is 24.5 Å². The van der Waals surface area contributed by atoms with E-state index in [-0.39, 0.29) is 11.5 Å². The van der Waals surface area contributed by atoms with Crippen LogP contribution >= 0.6 is 22.9 Å². The van der Waals surface area contributed by atoms with E-state index in [0.29, 0.717) is 34.6 Å². The zero-order valence-electron chi connectivity index (χ0n) is 12.5. The highest BCUT2D eigenvalue weighted by atomic mass is 35.5. The van der Waals surface area contributed by atoms with Gasteiger partial charge in [-0.2, -0.15) is 5.10 Å². The number of aryl methyl sites for hydroxylation is 1.